The molecule has 0 amide bonds. The first-order valence-corrected chi connectivity index (χ1v) is 12.0. The minimum Gasteiger partial charge on any atom is -0.478 e. The number of rotatable bonds is 5. The second kappa shape index (κ2) is 8.95. The number of carbonyl (C=O) groups is 1. The molecule has 1 aliphatic heterocycles. The Labute approximate surface area is 202 Å². The van der Waals surface area contributed by atoms with Gasteiger partial charge in [0.25, 0.3) is 0 Å². The number of hydrogen-bond donors (Lipinski definition) is 1. The Kier molecular flexibility index (Phi) is 6.09. The summed E-state index contributed by atoms with van der Waals surface area (Å²) in [5, 5.41) is 9.99. The van der Waals surface area contributed by atoms with Gasteiger partial charge in [0.15, 0.2) is 0 Å². The van der Waals surface area contributed by atoms with Crippen LogP contribution in [-0.2, 0) is 12.8 Å². The molecule has 0 spiro atoms. The summed E-state index contributed by atoms with van der Waals surface area (Å²) in [7, 11) is 0. The number of aromatic nitrogens is 2. The molecular formula is C26H29F3N4O2. The number of pyridine rings is 2. The molecule has 0 aromatic carbocycles. The number of carboxylic acid groups (broad SMARTS) is 1. The van der Waals surface area contributed by atoms with Crippen molar-refractivity contribution >= 4 is 11.5 Å². The molecule has 0 radical (unpaired) electrons. The van der Waals surface area contributed by atoms with Gasteiger partial charge in [-0.05, 0) is 68.0 Å². The lowest BCUT2D eigenvalue weighted by Crippen LogP contribution is -2.49. The first kappa shape index (κ1) is 23.8. The standard InChI is InChI=1S/C26H29F3N4O2/c1-16-21(25(34)35)14-23-20(18-6-8-30-22-5-3-4-19(18)22)7-9-33(23)24(16)17(2)32-12-10-31(11-13-32)15-26(27,28)29/h6-9,14,17H,3-5,10-13,15H2,1-2H3,(H,34,35). The Morgan fingerprint density at radius 1 is 1.14 bits per heavy atom. The number of halogens is 3. The van der Waals surface area contributed by atoms with Crippen LogP contribution in [-0.4, -0.2) is 69.2 Å². The van der Waals surface area contributed by atoms with Crippen LogP contribution in [0.25, 0.3) is 16.6 Å². The lowest BCUT2D eigenvalue weighted by molar-refractivity contribution is -0.149. The van der Waals surface area contributed by atoms with Crippen LogP contribution >= 0.6 is 0 Å². The van der Waals surface area contributed by atoms with E-state index in [-0.39, 0.29) is 11.6 Å². The van der Waals surface area contributed by atoms with E-state index in [1.54, 1.807) is 6.07 Å². The smallest absolute Gasteiger partial charge is 0.401 e. The van der Waals surface area contributed by atoms with Crippen molar-refractivity contribution in [2.45, 2.75) is 45.3 Å². The highest BCUT2D eigenvalue weighted by molar-refractivity contribution is 5.94. The van der Waals surface area contributed by atoms with E-state index in [0.717, 1.165) is 47.3 Å². The van der Waals surface area contributed by atoms with E-state index < -0.39 is 18.7 Å². The van der Waals surface area contributed by atoms with E-state index in [1.807, 2.05) is 38.4 Å². The maximum absolute atomic E-state index is 12.8. The summed E-state index contributed by atoms with van der Waals surface area (Å²) in [6.45, 7) is 4.55. The molecule has 3 aromatic heterocycles. The maximum atomic E-state index is 12.8. The number of alkyl halides is 3. The molecule has 3 aromatic rings. The Morgan fingerprint density at radius 3 is 2.57 bits per heavy atom. The van der Waals surface area contributed by atoms with Gasteiger partial charge in [-0.3, -0.25) is 14.8 Å². The predicted molar refractivity (Wildman–Crippen MR) is 127 cm³/mol. The topological polar surface area (TPSA) is 61.1 Å². The van der Waals surface area contributed by atoms with Crippen LogP contribution < -0.4 is 0 Å². The molecule has 1 unspecified atom stereocenters. The van der Waals surface area contributed by atoms with Crippen LogP contribution in [0.2, 0.25) is 0 Å². The zero-order valence-electron chi connectivity index (χ0n) is 19.9. The molecule has 1 fully saturated rings. The molecule has 1 saturated heterocycles. The number of fused-ring (bicyclic) bond motifs is 2. The summed E-state index contributed by atoms with van der Waals surface area (Å²) in [5.74, 6) is -0.986. The largest absolute Gasteiger partial charge is 0.478 e. The van der Waals surface area contributed by atoms with Crippen LogP contribution in [0.4, 0.5) is 13.2 Å². The van der Waals surface area contributed by atoms with Crippen molar-refractivity contribution in [2.24, 2.45) is 0 Å². The van der Waals surface area contributed by atoms with Crippen molar-refractivity contribution in [2.75, 3.05) is 32.7 Å². The Morgan fingerprint density at radius 2 is 1.89 bits per heavy atom. The van der Waals surface area contributed by atoms with Gasteiger partial charge in [0.05, 0.1) is 17.6 Å². The van der Waals surface area contributed by atoms with Crippen molar-refractivity contribution in [1.29, 1.82) is 0 Å². The molecular weight excluding hydrogens is 457 g/mol. The molecule has 35 heavy (non-hydrogen) atoms. The van der Waals surface area contributed by atoms with Gasteiger partial charge < -0.3 is 9.51 Å². The summed E-state index contributed by atoms with van der Waals surface area (Å²) >= 11 is 0. The molecule has 1 aliphatic carbocycles. The predicted octanol–water partition coefficient (Wildman–Crippen LogP) is 4.74. The van der Waals surface area contributed by atoms with Gasteiger partial charge in [-0.1, -0.05) is 0 Å². The van der Waals surface area contributed by atoms with Crippen LogP contribution in [0.1, 0.15) is 52.3 Å². The van der Waals surface area contributed by atoms with Crippen molar-refractivity contribution < 1.29 is 23.1 Å². The van der Waals surface area contributed by atoms with Gasteiger partial charge in [0, 0.05) is 61.6 Å². The van der Waals surface area contributed by atoms with Crippen molar-refractivity contribution in [1.82, 2.24) is 19.2 Å². The van der Waals surface area contributed by atoms with Gasteiger partial charge in [-0.25, -0.2) is 4.79 Å². The van der Waals surface area contributed by atoms with Crippen LogP contribution in [0, 0.1) is 6.92 Å². The number of aromatic carboxylic acids is 1. The van der Waals surface area contributed by atoms with E-state index >= 15 is 0 Å². The third-order valence-electron chi connectivity index (χ3n) is 7.51. The molecule has 1 atom stereocenters. The highest BCUT2D eigenvalue weighted by Gasteiger charge is 2.34. The molecule has 0 bridgehead atoms. The van der Waals surface area contributed by atoms with E-state index in [2.05, 4.69) is 14.3 Å². The normalized spacial score (nSPS) is 18.2. The summed E-state index contributed by atoms with van der Waals surface area (Å²) in [6.07, 6.45) is 2.57. The highest BCUT2D eigenvalue weighted by atomic mass is 19.4. The van der Waals surface area contributed by atoms with Crippen molar-refractivity contribution in [3.8, 4) is 11.1 Å². The number of hydrogen-bond acceptors (Lipinski definition) is 4. The van der Waals surface area contributed by atoms with Gasteiger partial charge >= 0.3 is 12.1 Å². The first-order valence-electron chi connectivity index (χ1n) is 12.0. The molecule has 9 heteroatoms. The van der Waals surface area contributed by atoms with Gasteiger partial charge in [-0.2, -0.15) is 13.2 Å². The first-order chi connectivity index (χ1) is 16.6. The number of piperazine rings is 1. The van der Waals surface area contributed by atoms with E-state index in [9.17, 15) is 23.1 Å². The number of nitrogens with zero attached hydrogens (tertiary/aromatic N) is 4. The van der Waals surface area contributed by atoms with Crippen molar-refractivity contribution in [3.05, 3.63) is 58.7 Å². The number of carboxylic acids is 1. The van der Waals surface area contributed by atoms with Gasteiger partial charge in [-0.15, -0.1) is 0 Å². The summed E-state index contributed by atoms with van der Waals surface area (Å²) in [4.78, 5) is 20.3. The molecule has 186 valence electrons. The van der Waals surface area contributed by atoms with Crippen LogP contribution in [0.5, 0.6) is 0 Å². The van der Waals surface area contributed by atoms with Crippen LogP contribution in [0.15, 0.2) is 30.6 Å². The molecule has 0 saturated carbocycles. The highest BCUT2D eigenvalue weighted by Crippen LogP contribution is 2.37. The maximum Gasteiger partial charge on any atom is 0.401 e. The average molecular weight is 487 g/mol. The Hall–Kier alpha value is -2.91. The summed E-state index contributed by atoms with van der Waals surface area (Å²) < 4.78 is 40.5. The Balaban J connectivity index is 1.54. The van der Waals surface area contributed by atoms with Gasteiger partial charge in [0.1, 0.15) is 0 Å². The average Bonchev–Trinajstić information content (AvgIpc) is 3.44. The lowest BCUT2D eigenvalue weighted by Gasteiger charge is -2.39. The van der Waals surface area contributed by atoms with E-state index in [4.69, 9.17) is 0 Å². The minimum absolute atomic E-state index is 0.159. The molecule has 5 rings (SSSR count). The fraction of sp³-hybridized carbons (Fsp3) is 0.462. The molecule has 4 heterocycles. The van der Waals surface area contributed by atoms with E-state index in [0.29, 0.717) is 31.7 Å². The van der Waals surface area contributed by atoms with E-state index in [1.165, 1.54) is 10.5 Å². The van der Waals surface area contributed by atoms with Gasteiger partial charge in [0.2, 0.25) is 0 Å². The zero-order valence-corrected chi connectivity index (χ0v) is 19.9. The molecule has 6 nitrogen and oxygen atoms in total. The van der Waals surface area contributed by atoms with Crippen molar-refractivity contribution in [3.63, 3.8) is 0 Å². The third-order valence-corrected chi connectivity index (χ3v) is 7.51. The second-order valence-electron chi connectivity index (χ2n) is 9.60. The lowest BCUT2D eigenvalue weighted by atomic mass is 9.97. The minimum atomic E-state index is -4.21. The SMILES string of the molecule is Cc1c(C(=O)O)cc2c(-c3ccnc4c3CCC4)ccn2c1C(C)N1CCN(CC(F)(F)F)CC1. The molecule has 1 N–H and O–H groups in total. The third kappa shape index (κ3) is 4.43. The number of aryl methyl sites for hydroxylation is 1. The summed E-state index contributed by atoms with van der Waals surface area (Å²) in [5.41, 5.74) is 7.03. The summed E-state index contributed by atoms with van der Waals surface area (Å²) in [6, 6.07) is 5.62. The fourth-order valence-electron chi connectivity index (χ4n) is 5.78. The monoisotopic (exact) mass is 486 g/mol. The quantitative estimate of drug-likeness (QED) is 0.565. The zero-order chi connectivity index (χ0) is 24.9. The fourth-order valence-corrected chi connectivity index (χ4v) is 5.78. The second-order valence-corrected chi connectivity index (χ2v) is 9.60. The molecule has 2 aliphatic rings. The van der Waals surface area contributed by atoms with Crippen LogP contribution in [0.3, 0.4) is 0 Å². The Bertz CT molecular complexity index is 1280.